The molecule has 4 nitrogen and oxygen atoms in total. The quantitative estimate of drug-likeness (QED) is 0.610. The van der Waals surface area contributed by atoms with Crippen molar-refractivity contribution < 1.29 is 9.59 Å². The van der Waals surface area contributed by atoms with Gasteiger partial charge in [0.05, 0.1) is 11.7 Å². The Morgan fingerprint density at radius 3 is 2.48 bits per heavy atom. The summed E-state index contributed by atoms with van der Waals surface area (Å²) in [5.74, 6) is 0.0584. The minimum Gasteiger partial charge on any atom is -0.349 e. The molecular weight excluding hydrogens is 360 g/mol. The second kappa shape index (κ2) is 8.08. The minimum atomic E-state index is 0.0227. The van der Waals surface area contributed by atoms with Crippen LogP contribution in [0.2, 0.25) is 0 Å². The van der Waals surface area contributed by atoms with Crippen LogP contribution < -0.4 is 10.2 Å². The molecule has 0 saturated carbocycles. The van der Waals surface area contributed by atoms with Crippen molar-refractivity contribution >= 4 is 28.3 Å². The molecule has 148 valence electrons. The van der Waals surface area contributed by atoms with Crippen molar-refractivity contribution in [2.45, 2.75) is 39.2 Å². The third-order valence-corrected chi connectivity index (χ3v) is 5.66. The summed E-state index contributed by atoms with van der Waals surface area (Å²) in [6, 6.07) is 20.1. The summed E-state index contributed by atoms with van der Waals surface area (Å²) < 4.78 is 0. The highest BCUT2D eigenvalue weighted by molar-refractivity contribution is 6.25. The highest BCUT2D eigenvalue weighted by Crippen LogP contribution is 2.37. The van der Waals surface area contributed by atoms with Crippen LogP contribution in [0, 0.1) is 6.92 Å². The number of carbonyl (C=O) groups is 2. The lowest BCUT2D eigenvalue weighted by Gasteiger charge is -2.19. The van der Waals surface area contributed by atoms with Crippen molar-refractivity contribution in [1.82, 2.24) is 5.32 Å². The molecule has 0 spiro atoms. The Balaban J connectivity index is 1.37. The van der Waals surface area contributed by atoms with E-state index in [0.29, 0.717) is 19.4 Å². The van der Waals surface area contributed by atoms with E-state index in [4.69, 9.17) is 0 Å². The number of hydrogen-bond donors (Lipinski definition) is 1. The molecule has 0 unspecified atom stereocenters. The molecule has 0 bridgehead atoms. The van der Waals surface area contributed by atoms with Crippen LogP contribution in [0.1, 0.15) is 53.7 Å². The van der Waals surface area contributed by atoms with E-state index in [0.717, 1.165) is 34.0 Å². The molecule has 1 N–H and O–H groups in total. The molecule has 4 heteroatoms. The molecule has 1 aliphatic heterocycles. The second-order valence-electron chi connectivity index (χ2n) is 7.68. The predicted molar refractivity (Wildman–Crippen MR) is 117 cm³/mol. The molecular formula is C25H26N2O2. The molecule has 0 saturated heterocycles. The number of carbonyl (C=O) groups excluding carboxylic acids is 2. The lowest BCUT2D eigenvalue weighted by molar-refractivity contribution is -0.121. The number of benzene rings is 3. The number of aryl methyl sites for hydroxylation is 1. The lowest BCUT2D eigenvalue weighted by Crippen LogP contribution is -2.31. The number of amides is 2. The average molecular weight is 386 g/mol. The summed E-state index contributed by atoms with van der Waals surface area (Å²) >= 11 is 0. The van der Waals surface area contributed by atoms with E-state index < -0.39 is 0 Å². The van der Waals surface area contributed by atoms with E-state index >= 15 is 0 Å². The van der Waals surface area contributed by atoms with Gasteiger partial charge in [-0.15, -0.1) is 0 Å². The highest BCUT2D eigenvalue weighted by Gasteiger charge is 2.29. The fourth-order valence-electron chi connectivity index (χ4n) is 4.09. The average Bonchev–Trinajstić information content (AvgIpc) is 3.01. The first-order valence-electron chi connectivity index (χ1n) is 10.3. The molecule has 0 aliphatic carbocycles. The Morgan fingerprint density at radius 2 is 1.76 bits per heavy atom. The van der Waals surface area contributed by atoms with Gasteiger partial charge < -0.3 is 10.2 Å². The molecule has 1 atom stereocenters. The molecule has 4 rings (SSSR count). The zero-order chi connectivity index (χ0) is 20.4. The van der Waals surface area contributed by atoms with Gasteiger partial charge in [-0.25, -0.2) is 0 Å². The third kappa shape index (κ3) is 3.75. The van der Waals surface area contributed by atoms with E-state index in [2.05, 4.69) is 43.4 Å². The summed E-state index contributed by atoms with van der Waals surface area (Å²) in [7, 11) is 0. The molecule has 0 aromatic heterocycles. The topological polar surface area (TPSA) is 49.4 Å². The van der Waals surface area contributed by atoms with Gasteiger partial charge in [0.15, 0.2) is 0 Å². The van der Waals surface area contributed by atoms with Crippen LogP contribution in [0.4, 0.5) is 5.69 Å². The first-order valence-corrected chi connectivity index (χ1v) is 10.3. The van der Waals surface area contributed by atoms with Crippen LogP contribution in [-0.4, -0.2) is 18.4 Å². The summed E-state index contributed by atoms with van der Waals surface area (Å²) in [5, 5.41) is 5.24. The van der Waals surface area contributed by atoms with Crippen LogP contribution in [-0.2, 0) is 4.79 Å². The summed E-state index contributed by atoms with van der Waals surface area (Å²) in [6.45, 7) is 4.68. The molecule has 2 amide bonds. The Morgan fingerprint density at radius 1 is 1.03 bits per heavy atom. The van der Waals surface area contributed by atoms with Crippen molar-refractivity contribution in [2.24, 2.45) is 0 Å². The van der Waals surface area contributed by atoms with Gasteiger partial charge in [-0.1, -0.05) is 61.0 Å². The molecule has 3 aromatic carbocycles. The Kier molecular flexibility index (Phi) is 5.34. The van der Waals surface area contributed by atoms with Gasteiger partial charge in [0.2, 0.25) is 5.91 Å². The SMILES string of the molecule is CC[C@H](NC(=O)CCCN1C(=O)c2cccc3cccc1c23)c1ccc(C)cc1. The van der Waals surface area contributed by atoms with Crippen LogP contribution in [0.25, 0.3) is 10.8 Å². The summed E-state index contributed by atoms with van der Waals surface area (Å²) in [5.41, 5.74) is 4.05. The van der Waals surface area contributed by atoms with E-state index in [9.17, 15) is 9.59 Å². The summed E-state index contributed by atoms with van der Waals surface area (Å²) in [4.78, 5) is 27.1. The maximum atomic E-state index is 12.8. The van der Waals surface area contributed by atoms with E-state index in [1.54, 1.807) is 0 Å². The second-order valence-corrected chi connectivity index (χ2v) is 7.68. The minimum absolute atomic E-state index is 0.0227. The third-order valence-electron chi connectivity index (χ3n) is 5.66. The first kappa shape index (κ1) is 19.2. The van der Waals surface area contributed by atoms with Crippen LogP contribution in [0.3, 0.4) is 0 Å². The summed E-state index contributed by atoms with van der Waals surface area (Å²) in [6.07, 6.45) is 1.88. The van der Waals surface area contributed by atoms with Gasteiger partial charge in [0.1, 0.15) is 0 Å². The van der Waals surface area contributed by atoms with Crippen molar-refractivity contribution in [1.29, 1.82) is 0 Å². The number of anilines is 1. The highest BCUT2D eigenvalue weighted by atomic mass is 16.2. The van der Waals surface area contributed by atoms with Gasteiger partial charge in [0, 0.05) is 23.9 Å². The van der Waals surface area contributed by atoms with E-state index in [-0.39, 0.29) is 17.9 Å². The van der Waals surface area contributed by atoms with Crippen molar-refractivity contribution in [3.05, 3.63) is 77.4 Å². The zero-order valence-electron chi connectivity index (χ0n) is 16.9. The number of nitrogens with one attached hydrogen (secondary N) is 1. The fraction of sp³-hybridized carbons (Fsp3) is 0.280. The molecule has 1 heterocycles. The smallest absolute Gasteiger partial charge is 0.258 e. The molecule has 3 aromatic rings. The first-order chi connectivity index (χ1) is 14.1. The van der Waals surface area contributed by atoms with Crippen LogP contribution >= 0.6 is 0 Å². The van der Waals surface area contributed by atoms with E-state index in [1.807, 2.05) is 41.3 Å². The monoisotopic (exact) mass is 386 g/mol. The standard InChI is InChI=1S/C25H26N2O2/c1-3-21(18-14-12-17(2)13-15-18)26-23(28)11-6-16-27-22-10-5-8-19-7-4-9-20(24(19)22)25(27)29/h4-5,7-10,12-15,21H,3,6,11,16H2,1-2H3,(H,26,28)/t21-/m0/s1. The molecule has 1 aliphatic rings. The molecule has 0 radical (unpaired) electrons. The largest absolute Gasteiger partial charge is 0.349 e. The van der Waals surface area contributed by atoms with Crippen LogP contribution in [0.5, 0.6) is 0 Å². The van der Waals surface area contributed by atoms with Crippen molar-refractivity contribution in [3.63, 3.8) is 0 Å². The zero-order valence-corrected chi connectivity index (χ0v) is 16.9. The molecule has 0 fully saturated rings. The van der Waals surface area contributed by atoms with Crippen molar-refractivity contribution in [2.75, 3.05) is 11.4 Å². The molecule has 29 heavy (non-hydrogen) atoms. The Labute approximate surface area is 171 Å². The van der Waals surface area contributed by atoms with Gasteiger partial charge in [-0.2, -0.15) is 0 Å². The van der Waals surface area contributed by atoms with Gasteiger partial charge in [-0.05, 0) is 42.8 Å². The van der Waals surface area contributed by atoms with Crippen LogP contribution in [0.15, 0.2) is 60.7 Å². The normalized spacial score (nSPS) is 13.7. The lowest BCUT2D eigenvalue weighted by atomic mass is 10.0. The maximum absolute atomic E-state index is 12.8. The van der Waals surface area contributed by atoms with Gasteiger partial charge >= 0.3 is 0 Å². The van der Waals surface area contributed by atoms with Gasteiger partial charge in [-0.3, -0.25) is 9.59 Å². The Bertz CT molecular complexity index is 1050. The fourth-order valence-corrected chi connectivity index (χ4v) is 4.09. The van der Waals surface area contributed by atoms with Gasteiger partial charge in [0.25, 0.3) is 5.91 Å². The number of rotatable bonds is 7. The Hall–Kier alpha value is -3.14. The van der Waals surface area contributed by atoms with E-state index in [1.165, 1.54) is 5.56 Å². The van der Waals surface area contributed by atoms with Crippen molar-refractivity contribution in [3.8, 4) is 0 Å². The number of hydrogen-bond acceptors (Lipinski definition) is 2. The number of nitrogens with zero attached hydrogens (tertiary/aromatic N) is 1. The maximum Gasteiger partial charge on any atom is 0.258 e. The predicted octanol–water partition coefficient (Wildman–Crippen LogP) is 5.16.